The Balaban J connectivity index is 2.30. The minimum absolute atomic E-state index is 0.321. The molecule has 1 amide bonds. The molecule has 1 saturated heterocycles. The van der Waals surface area contributed by atoms with Crippen LogP contribution in [0.4, 0.5) is 4.39 Å². The molecule has 76 valence electrons. The number of carbonyl (C=O) groups is 1. The molecule has 0 radical (unpaired) electrons. The molecule has 1 aliphatic heterocycles. The molecule has 1 fully saturated rings. The maximum Gasteiger partial charge on any atom is 0.209 e. The van der Waals surface area contributed by atoms with Gasteiger partial charge in [0.1, 0.15) is 6.17 Å². The van der Waals surface area contributed by atoms with Crippen molar-refractivity contribution in [2.75, 3.05) is 26.7 Å². The summed E-state index contributed by atoms with van der Waals surface area (Å²) in [5.74, 6) is 0. The van der Waals surface area contributed by atoms with Crippen LogP contribution in [0.15, 0.2) is 0 Å². The fraction of sp³-hybridized carbons (Fsp3) is 0.889. The fourth-order valence-corrected chi connectivity index (χ4v) is 1.63. The summed E-state index contributed by atoms with van der Waals surface area (Å²) in [5, 5.41) is 0. The zero-order chi connectivity index (χ0) is 9.84. The molecule has 0 aliphatic carbocycles. The van der Waals surface area contributed by atoms with Crippen LogP contribution in [-0.4, -0.2) is 55.1 Å². The third-order valence-electron chi connectivity index (χ3n) is 2.53. The van der Waals surface area contributed by atoms with E-state index in [2.05, 4.69) is 11.8 Å². The number of rotatable bonds is 5. The third kappa shape index (κ3) is 2.66. The van der Waals surface area contributed by atoms with Gasteiger partial charge in [0.2, 0.25) is 6.41 Å². The molecule has 0 aromatic carbocycles. The lowest BCUT2D eigenvalue weighted by Gasteiger charge is -2.41. The van der Waals surface area contributed by atoms with Gasteiger partial charge in [-0.15, -0.1) is 0 Å². The molecule has 0 spiro atoms. The zero-order valence-electron chi connectivity index (χ0n) is 8.24. The van der Waals surface area contributed by atoms with E-state index in [1.165, 1.54) is 0 Å². The maximum absolute atomic E-state index is 12.6. The van der Waals surface area contributed by atoms with E-state index >= 15 is 0 Å². The predicted octanol–water partition coefficient (Wildman–Crippen LogP) is 0.507. The first kappa shape index (κ1) is 10.4. The number of halogens is 1. The van der Waals surface area contributed by atoms with E-state index in [4.69, 9.17) is 0 Å². The molecule has 0 aromatic rings. The van der Waals surface area contributed by atoms with Gasteiger partial charge >= 0.3 is 0 Å². The Morgan fingerprint density at radius 2 is 2.31 bits per heavy atom. The molecule has 0 saturated carbocycles. The molecular formula is C9H17FN2O. The smallest absolute Gasteiger partial charge is 0.209 e. The lowest BCUT2D eigenvalue weighted by molar-refractivity contribution is -0.118. The van der Waals surface area contributed by atoms with E-state index in [0.717, 1.165) is 12.8 Å². The molecule has 1 heterocycles. The second-order valence-corrected chi connectivity index (χ2v) is 3.66. The first-order valence-corrected chi connectivity index (χ1v) is 4.71. The molecule has 4 heteroatoms. The van der Waals surface area contributed by atoms with Gasteiger partial charge in [0, 0.05) is 32.7 Å². The van der Waals surface area contributed by atoms with Crippen molar-refractivity contribution >= 4 is 6.41 Å². The molecule has 1 atom stereocenters. The minimum atomic E-state index is -0.657. The van der Waals surface area contributed by atoms with Crippen LogP contribution in [0, 0.1) is 0 Å². The van der Waals surface area contributed by atoms with Crippen LogP contribution in [0.3, 0.4) is 0 Å². The second kappa shape index (κ2) is 4.56. The van der Waals surface area contributed by atoms with Gasteiger partial charge in [-0.05, 0) is 6.42 Å². The van der Waals surface area contributed by atoms with Gasteiger partial charge in [-0.3, -0.25) is 9.69 Å². The summed E-state index contributed by atoms with van der Waals surface area (Å²) in [6.07, 6.45) is 1.12. The number of likely N-dealkylation sites (tertiary alicyclic amines) is 1. The number of hydrogen-bond acceptors (Lipinski definition) is 2. The standard InChI is InChI=1S/C9H17FN2O/c1-3-9(6-11(2)7-13)12-4-8(10)5-12/h7-9H,3-6H2,1-2H3/t9-/m0/s1. The Labute approximate surface area is 78.5 Å². The summed E-state index contributed by atoms with van der Waals surface area (Å²) in [6.45, 7) is 3.83. The highest BCUT2D eigenvalue weighted by Gasteiger charge is 2.31. The summed E-state index contributed by atoms with van der Waals surface area (Å²) in [6, 6.07) is 0.321. The Bertz CT molecular complexity index is 171. The van der Waals surface area contributed by atoms with Crippen LogP contribution in [0.5, 0.6) is 0 Å². The topological polar surface area (TPSA) is 23.6 Å². The summed E-state index contributed by atoms with van der Waals surface area (Å²) < 4.78 is 12.6. The van der Waals surface area contributed by atoms with Gasteiger partial charge in [0.05, 0.1) is 0 Å². The van der Waals surface area contributed by atoms with Crippen LogP contribution in [-0.2, 0) is 4.79 Å². The van der Waals surface area contributed by atoms with E-state index in [1.807, 2.05) is 0 Å². The van der Waals surface area contributed by atoms with Crippen LogP contribution in [0.25, 0.3) is 0 Å². The highest BCUT2D eigenvalue weighted by Crippen LogP contribution is 2.17. The molecule has 0 aromatic heterocycles. The normalized spacial score (nSPS) is 20.8. The summed E-state index contributed by atoms with van der Waals surface area (Å²) in [5.41, 5.74) is 0. The van der Waals surface area contributed by atoms with Gasteiger partial charge in [-0.1, -0.05) is 6.92 Å². The van der Waals surface area contributed by atoms with Crippen molar-refractivity contribution < 1.29 is 9.18 Å². The quantitative estimate of drug-likeness (QED) is 0.587. The van der Waals surface area contributed by atoms with E-state index in [0.29, 0.717) is 25.7 Å². The fourth-order valence-electron chi connectivity index (χ4n) is 1.63. The number of hydrogen-bond donors (Lipinski definition) is 0. The van der Waals surface area contributed by atoms with E-state index in [1.54, 1.807) is 11.9 Å². The first-order chi connectivity index (χ1) is 6.17. The largest absolute Gasteiger partial charge is 0.347 e. The van der Waals surface area contributed by atoms with E-state index in [9.17, 15) is 9.18 Å². The van der Waals surface area contributed by atoms with Crippen LogP contribution in [0.1, 0.15) is 13.3 Å². The van der Waals surface area contributed by atoms with Crippen molar-refractivity contribution in [1.82, 2.24) is 9.80 Å². The second-order valence-electron chi connectivity index (χ2n) is 3.66. The predicted molar refractivity (Wildman–Crippen MR) is 49.2 cm³/mol. The zero-order valence-corrected chi connectivity index (χ0v) is 8.24. The van der Waals surface area contributed by atoms with Crippen molar-refractivity contribution in [3.63, 3.8) is 0 Å². The number of likely N-dealkylation sites (N-methyl/N-ethyl adjacent to an activating group) is 1. The molecule has 0 bridgehead atoms. The van der Waals surface area contributed by atoms with E-state index < -0.39 is 6.17 Å². The average molecular weight is 188 g/mol. The SMILES string of the molecule is CC[C@@H](CN(C)C=O)N1CC(F)C1. The molecule has 1 aliphatic rings. The van der Waals surface area contributed by atoms with Crippen molar-refractivity contribution in [1.29, 1.82) is 0 Å². The van der Waals surface area contributed by atoms with Gasteiger partial charge < -0.3 is 4.90 Å². The Kier molecular flexibility index (Phi) is 3.66. The summed E-state index contributed by atoms with van der Waals surface area (Å²) >= 11 is 0. The van der Waals surface area contributed by atoms with Crippen molar-refractivity contribution in [2.24, 2.45) is 0 Å². The van der Waals surface area contributed by atoms with Crippen LogP contribution in [0.2, 0.25) is 0 Å². The van der Waals surface area contributed by atoms with Crippen LogP contribution < -0.4 is 0 Å². The molecule has 13 heavy (non-hydrogen) atoms. The van der Waals surface area contributed by atoms with Crippen molar-refractivity contribution in [2.45, 2.75) is 25.6 Å². The number of carbonyl (C=O) groups excluding carboxylic acids is 1. The third-order valence-corrected chi connectivity index (χ3v) is 2.53. The molecule has 0 unspecified atom stereocenters. The maximum atomic E-state index is 12.6. The number of alkyl halides is 1. The van der Waals surface area contributed by atoms with Gasteiger partial charge in [0.15, 0.2) is 0 Å². The van der Waals surface area contributed by atoms with Crippen LogP contribution >= 0.6 is 0 Å². The average Bonchev–Trinajstić information content (AvgIpc) is 2.09. The molecular weight excluding hydrogens is 171 g/mol. The van der Waals surface area contributed by atoms with Gasteiger partial charge in [-0.2, -0.15) is 0 Å². The Hall–Kier alpha value is -0.640. The summed E-state index contributed by atoms with van der Waals surface area (Å²) in [7, 11) is 1.75. The first-order valence-electron chi connectivity index (χ1n) is 4.71. The van der Waals surface area contributed by atoms with Crippen molar-refractivity contribution in [3.8, 4) is 0 Å². The Morgan fingerprint density at radius 1 is 1.69 bits per heavy atom. The monoisotopic (exact) mass is 188 g/mol. The number of amides is 1. The summed E-state index contributed by atoms with van der Waals surface area (Å²) in [4.78, 5) is 14.1. The number of nitrogens with zero attached hydrogens (tertiary/aromatic N) is 2. The van der Waals surface area contributed by atoms with Crippen molar-refractivity contribution in [3.05, 3.63) is 0 Å². The van der Waals surface area contributed by atoms with Gasteiger partial charge in [-0.25, -0.2) is 4.39 Å². The Morgan fingerprint density at radius 3 is 2.69 bits per heavy atom. The lowest BCUT2D eigenvalue weighted by Crippen LogP contribution is -2.56. The van der Waals surface area contributed by atoms with Gasteiger partial charge in [0.25, 0.3) is 0 Å². The highest BCUT2D eigenvalue weighted by molar-refractivity contribution is 5.46. The molecule has 0 N–H and O–H groups in total. The minimum Gasteiger partial charge on any atom is -0.347 e. The molecule has 3 nitrogen and oxygen atoms in total. The van der Waals surface area contributed by atoms with E-state index in [-0.39, 0.29) is 0 Å². The highest BCUT2D eigenvalue weighted by atomic mass is 19.1. The lowest BCUT2D eigenvalue weighted by atomic mass is 10.1. The molecule has 1 rings (SSSR count).